The number of carboxylic acids is 1. The topological polar surface area (TPSA) is 102 Å². The maximum absolute atomic E-state index is 12.5. The van der Waals surface area contributed by atoms with Crippen LogP contribution in [0.3, 0.4) is 0 Å². The first kappa shape index (κ1) is 18.7. The van der Waals surface area contributed by atoms with E-state index in [1.165, 1.54) is 0 Å². The fraction of sp³-hybridized carbons (Fsp3) is 0.471. The van der Waals surface area contributed by atoms with Gasteiger partial charge in [0, 0.05) is 20.0 Å². The molecule has 8 heteroatoms. The Morgan fingerprint density at radius 1 is 1.36 bits per heavy atom. The number of esters is 1. The zero-order valence-corrected chi connectivity index (χ0v) is 14.1. The summed E-state index contributed by atoms with van der Waals surface area (Å²) in [4.78, 5) is 36.4. The Hall–Kier alpha value is -2.61. The number of carbonyl (C=O) groups excluding carboxylic acids is 2. The van der Waals surface area contributed by atoms with Gasteiger partial charge in [-0.1, -0.05) is 12.1 Å². The van der Waals surface area contributed by atoms with Crippen molar-refractivity contribution in [2.45, 2.75) is 32.1 Å². The molecule has 1 heterocycles. The second-order valence-electron chi connectivity index (χ2n) is 5.65. The quantitative estimate of drug-likeness (QED) is 0.757. The van der Waals surface area contributed by atoms with E-state index in [2.05, 4.69) is 0 Å². The summed E-state index contributed by atoms with van der Waals surface area (Å²) in [6.45, 7) is 1.99. The molecular weight excluding hydrogens is 330 g/mol. The molecule has 0 saturated carbocycles. The molecule has 136 valence electrons. The van der Waals surface area contributed by atoms with Crippen molar-refractivity contribution in [2.75, 3.05) is 20.3 Å². The first-order valence-electron chi connectivity index (χ1n) is 7.83. The highest BCUT2D eigenvalue weighted by Crippen LogP contribution is 2.18. The lowest BCUT2D eigenvalue weighted by Crippen LogP contribution is -2.41. The average molecular weight is 351 g/mol. The molecule has 1 aliphatic rings. The first-order valence-corrected chi connectivity index (χ1v) is 7.83. The van der Waals surface area contributed by atoms with Crippen molar-refractivity contribution in [1.29, 1.82) is 0 Å². The molecule has 2 rings (SSSR count). The normalized spacial score (nSPS) is 19.0. The molecule has 1 aromatic rings. The number of hydrogen-bond donors (Lipinski definition) is 1. The fourth-order valence-electron chi connectivity index (χ4n) is 2.58. The Morgan fingerprint density at radius 3 is 2.60 bits per heavy atom. The highest BCUT2D eigenvalue weighted by Gasteiger charge is 2.36. The van der Waals surface area contributed by atoms with E-state index in [0.29, 0.717) is 13.1 Å². The summed E-state index contributed by atoms with van der Waals surface area (Å²) in [5.41, 5.74) is 0.919. The third-order valence-electron chi connectivity index (χ3n) is 3.83. The molecule has 1 aliphatic heterocycles. The van der Waals surface area contributed by atoms with E-state index in [4.69, 9.17) is 14.2 Å². The minimum atomic E-state index is -1.50. The largest absolute Gasteiger partial charge is 0.497 e. The number of rotatable bonds is 6. The Morgan fingerprint density at radius 2 is 2.04 bits per heavy atom. The maximum atomic E-state index is 12.5. The molecule has 1 N–H and O–H groups in total. The van der Waals surface area contributed by atoms with Crippen molar-refractivity contribution in [3.8, 4) is 5.75 Å². The van der Waals surface area contributed by atoms with E-state index in [-0.39, 0.29) is 18.9 Å². The van der Waals surface area contributed by atoms with Gasteiger partial charge in [0.2, 0.25) is 12.0 Å². The molecule has 1 saturated heterocycles. The van der Waals surface area contributed by atoms with E-state index in [9.17, 15) is 19.5 Å². The van der Waals surface area contributed by atoms with Gasteiger partial charge in [-0.2, -0.15) is 0 Å². The van der Waals surface area contributed by atoms with Crippen LogP contribution in [0.1, 0.15) is 18.9 Å². The minimum absolute atomic E-state index is 0.164. The van der Waals surface area contributed by atoms with Crippen LogP contribution in [0.2, 0.25) is 0 Å². The SMILES string of the molecule is COc1ccc(CN2CCOC(C(OC(C)=O)C(=O)O)CC2=O)cc1. The van der Waals surface area contributed by atoms with E-state index >= 15 is 0 Å². The molecule has 1 aromatic carbocycles. The van der Waals surface area contributed by atoms with E-state index in [0.717, 1.165) is 18.2 Å². The number of benzene rings is 1. The Balaban J connectivity index is 2.04. The summed E-state index contributed by atoms with van der Waals surface area (Å²) in [7, 11) is 1.58. The molecular formula is C17H21NO7. The maximum Gasteiger partial charge on any atom is 0.347 e. The Labute approximate surface area is 145 Å². The zero-order valence-electron chi connectivity index (χ0n) is 14.1. The van der Waals surface area contributed by atoms with Gasteiger partial charge < -0.3 is 24.2 Å². The molecule has 25 heavy (non-hydrogen) atoms. The smallest absolute Gasteiger partial charge is 0.347 e. The predicted octanol–water partition coefficient (Wildman–Crippen LogP) is 0.829. The van der Waals surface area contributed by atoms with Gasteiger partial charge in [-0.15, -0.1) is 0 Å². The van der Waals surface area contributed by atoms with Gasteiger partial charge >= 0.3 is 11.9 Å². The predicted molar refractivity (Wildman–Crippen MR) is 86.0 cm³/mol. The molecule has 0 aromatic heterocycles. The second-order valence-corrected chi connectivity index (χ2v) is 5.65. The van der Waals surface area contributed by atoms with Gasteiger partial charge in [0.05, 0.1) is 20.1 Å². The van der Waals surface area contributed by atoms with Crippen LogP contribution >= 0.6 is 0 Å². The summed E-state index contributed by atoms with van der Waals surface area (Å²) < 4.78 is 15.3. The monoisotopic (exact) mass is 351 g/mol. The number of ether oxygens (including phenoxy) is 3. The standard InChI is InChI=1S/C17H21NO7/c1-11(19)25-16(17(21)22)14-9-15(20)18(7-8-24-14)10-12-3-5-13(23-2)6-4-12/h3-6,14,16H,7-10H2,1-2H3,(H,21,22). The average Bonchev–Trinajstić information content (AvgIpc) is 2.75. The van der Waals surface area contributed by atoms with Crippen LogP contribution < -0.4 is 4.74 Å². The molecule has 2 atom stereocenters. The summed E-state index contributed by atoms with van der Waals surface area (Å²) in [6.07, 6.45) is -2.67. The number of carboxylic acid groups (broad SMARTS) is 1. The van der Waals surface area contributed by atoms with Crippen molar-refractivity contribution in [2.24, 2.45) is 0 Å². The van der Waals surface area contributed by atoms with Crippen LogP contribution in [-0.4, -0.2) is 60.3 Å². The van der Waals surface area contributed by atoms with Crippen LogP contribution in [0.25, 0.3) is 0 Å². The molecule has 8 nitrogen and oxygen atoms in total. The van der Waals surface area contributed by atoms with E-state index in [1.807, 2.05) is 12.1 Å². The van der Waals surface area contributed by atoms with Crippen molar-refractivity contribution >= 4 is 17.8 Å². The highest BCUT2D eigenvalue weighted by atomic mass is 16.6. The lowest BCUT2D eigenvalue weighted by atomic mass is 10.1. The van der Waals surface area contributed by atoms with Gasteiger partial charge in [-0.3, -0.25) is 9.59 Å². The number of carbonyl (C=O) groups is 3. The second kappa shape index (κ2) is 8.48. The molecule has 0 bridgehead atoms. The van der Waals surface area contributed by atoms with Crippen LogP contribution in [0, 0.1) is 0 Å². The third-order valence-corrected chi connectivity index (χ3v) is 3.83. The van der Waals surface area contributed by atoms with Crippen molar-refractivity contribution in [3.63, 3.8) is 0 Å². The minimum Gasteiger partial charge on any atom is -0.497 e. The third kappa shape index (κ3) is 5.18. The number of methoxy groups -OCH3 is 1. The molecule has 0 spiro atoms. The summed E-state index contributed by atoms with van der Waals surface area (Å²) >= 11 is 0. The fourth-order valence-corrected chi connectivity index (χ4v) is 2.58. The Bertz CT molecular complexity index is 628. The van der Waals surface area contributed by atoms with Crippen LogP contribution in [0.5, 0.6) is 5.75 Å². The highest BCUT2D eigenvalue weighted by molar-refractivity contribution is 5.81. The zero-order chi connectivity index (χ0) is 18.4. The van der Waals surface area contributed by atoms with Crippen molar-refractivity contribution in [3.05, 3.63) is 29.8 Å². The Kier molecular flexibility index (Phi) is 6.35. The van der Waals surface area contributed by atoms with Gasteiger partial charge in [0.1, 0.15) is 11.9 Å². The molecule has 0 radical (unpaired) electrons. The summed E-state index contributed by atoms with van der Waals surface area (Å²) in [5, 5.41) is 9.21. The molecule has 0 aliphatic carbocycles. The molecule has 1 amide bonds. The number of nitrogens with zero attached hydrogens (tertiary/aromatic N) is 1. The summed E-state index contributed by atoms with van der Waals surface area (Å²) in [5.74, 6) is -1.60. The van der Waals surface area contributed by atoms with E-state index in [1.54, 1.807) is 24.1 Å². The van der Waals surface area contributed by atoms with Gasteiger partial charge in [0.25, 0.3) is 0 Å². The van der Waals surface area contributed by atoms with Crippen LogP contribution in [0.4, 0.5) is 0 Å². The van der Waals surface area contributed by atoms with Crippen LogP contribution in [-0.2, 0) is 30.4 Å². The lowest BCUT2D eigenvalue weighted by Gasteiger charge is -2.22. The lowest BCUT2D eigenvalue weighted by molar-refractivity contribution is -0.173. The van der Waals surface area contributed by atoms with E-state index < -0.39 is 24.1 Å². The van der Waals surface area contributed by atoms with Gasteiger partial charge in [-0.25, -0.2) is 4.79 Å². The van der Waals surface area contributed by atoms with Crippen LogP contribution in [0.15, 0.2) is 24.3 Å². The summed E-state index contributed by atoms with van der Waals surface area (Å²) in [6, 6.07) is 7.32. The van der Waals surface area contributed by atoms with Crippen molar-refractivity contribution in [1.82, 2.24) is 4.90 Å². The number of hydrogen-bond acceptors (Lipinski definition) is 6. The van der Waals surface area contributed by atoms with Crippen molar-refractivity contribution < 1.29 is 33.7 Å². The first-order chi connectivity index (χ1) is 11.9. The number of aliphatic carboxylic acids is 1. The number of amides is 1. The van der Waals surface area contributed by atoms with Gasteiger partial charge in [-0.05, 0) is 17.7 Å². The molecule has 2 unspecified atom stereocenters. The van der Waals surface area contributed by atoms with Gasteiger partial charge in [0.15, 0.2) is 0 Å². The molecule has 1 fully saturated rings.